The number of fused-ring (bicyclic) bond motifs is 1. The Labute approximate surface area is 59.5 Å². The van der Waals surface area contributed by atoms with Crippen LogP contribution in [0.25, 0.3) is 0 Å². The molecule has 0 aromatic rings. The summed E-state index contributed by atoms with van der Waals surface area (Å²) in [5.41, 5.74) is 0. The second-order valence-electron chi connectivity index (χ2n) is 2.66. The number of nitrogens with one attached hydrogen (secondary N) is 1. The lowest BCUT2D eigenvalue weighted by molar-refractivity contribution is 0.138. The Kier molecular flexibility index (Phi) is 1.40. The Morgan fingerprint density at radius 2 is 2.44 bits per heavy atom. The van der Waals surface area contributed by atoms with Crippen molar-refractivity contribution in [2.24, 2.45) is 5.92 Å². The fraction of sp³-hybridized carbons (Fsp3) is 1.00. The molecule has 1 saturated heterocycles. The van der Waals surface area contributed by atoms with Crippen LogP contribution < -0.4 is 5.32 Å². The third-order valence-corrected chi connectivity index (χ3v) is 2.60. The topological polar surface area (TPSA) is 21.3 Å². The van der Waals surface area contributed by atoms with E-state index in [2.05, 4.69) is 5.32 Å². The largest absolute Gasteiger partial charge is 0.380 e. The third kappa shape index (κ3) is 0.955. The molecule has 2 aliphatic rings. The first-order chi connectivity index (χ1) is 4.39. The zero-order chi connectivity index (χ0) is 6.27. The smallest absolute Gasteiger partial charge is 0.0591 e. The fourth-order valence-corrected chi connectivity index (χ4v) is 1.73. The summed E-state index contributed by atoms with van der Waals surface area (Å²) >= 11 is 5.89. The van der Waals surface area contributed by atoms with E-state index in [9.17, 15) is 0 Å². The van der Waals surface area contributed by atoms with E-state index in [0.29, 0.717) is 17.3 Å². The molecule has 1 saturated carbocycles. The van der Waals surface area contributed by atoms with Gasteiger partial charge in [0, 0.05) is 18.5 Å². The van der Waals surface area contributed by atoms with E-state index >= 15 is 0 Å². The average Bonchev–Trinajstić information content (AvgIpc) is 2.51. The minimum absolute atomic E-state index is 0.338. The van der Waals surface area contributed by atoms with Crippen LogP contribution in [0.5, 0.6) is 0 Å². The second-order valence-corrected chi connectivity index (χ2v) is 3.17. The van der Waals surface area contributed by atoms with Gasteiger partial charge in [-0.3, -0.25) is 0 Å². The number of rotatable bonds is 0. The Morgan fingerprint density at radius 3 is 3.33 bits per heavy atom. The molecule has 0 radical (unpaired) electrons. The van der Waals surface area contributed by atoms with Gasteiger partial charge in [0.1, 0.15) is 0 Å². The molecule has 0 amide bonds. The lowest BCUT2D eigenvalue weighted by atomic mass is 10.4. The van der Waals surface area contributed by atoms with Crippen LogP contribution in [0.4, 0.5) is 0 Å². The van der Waals surface area contributed by atoms with Gasteiger partial charge >= 0.3 is 0 Å². The molecule has 1 N–H and O–H groups in total. The molecule has 2 fully saturated rings. The van der Waals surface area contributed by atoms with Crippen molar-refractivity contribution in [2.75, 3.05) is 19.8 Å². The number of hydrogen-bond donors (Lipinski definition) is 1. The Bertz CT molecular complexity index is 108. The molecule has 1 heterocycles. The van der Waals surface area contributed by atoms with Crippen LogP contribution in [0.1, 0.15) is 0 Å². The van der Waals surface area contributed by atoms with Crippen LogP contribution in [0.2, 0.25) is 0 Å². The second kappa shape index (κ2) is 2.11. The van der Waals surface area contributed by atoms with Crippen LogP contribution in [0.15, 0.2) is 0 Å². The van der Waals surface area contributed by atoms with E-state index in [-0.39, 0.29) is 0 Å². The van der Waals surface area contributed by atoms with E-state index in [4.69, 9.17) is 16.3 Å². The number of alkyl halides is 1. The molecule has 2 rings (SSSR count). The van der Waals surface area contributed by atoms with E-state index in [0.717, 1.165) is 19.8 Å². The van der Waals surface area contributed by atoms with Crippen LogP contribution in [-0.2, 0) is 4.74 Å². The Morgan fingerprint density at radius 1 is 1.56 bits per heavy atom. The normalized spacial score (nSPS) is 49.7. The van der Waals surface area contributed by atoms with Crippen molar-refractivity contribution in [2.45, 2.75) is 11.4 Å². The first kappa shape index (κ1) is 5.96. The van der Waals surface area contributed by atoms with Crippen molar-refractivity contribution >= 4 is 11.6 Å². The molecular weight excluding hydrogens is 138 g/mol. The van der Waals surface area contributed by atoms with Crippen molar-refractivity contribution < 1.29 is 4.74 Å². The summed E-state index contributed by atoms with van der Waals surface area (Å²) in [7, 11) is 0. The summed E-state index contributed by atoms with van der Waals surface area (Å²) in [6.45, 7) is 2.66. The number of ether oxygens (including phenoxy) is 1. The third-order valence-electron chi connectivity index (χ3n) is 2.01. The monoisotopic (exact) mass is 147 g/mol. The van der Waals surface area contributed by atoms with Gasteiger partial charge in [-0.05, 0) is 0 Å². The highest BCUT2D eigenvalue weighted by molar-refractivity contribution is 6.23. The van der Waals surface area contributed by atoms with Crippen molar-refractivity contribution in [3.05, 3.63) is 0 Å². The highest BCUT2D eigenvalue weighted by Gasteiger charge is 2.49. The van der Waals surface area contributed by atoms with Gasteiger partial charge in [-0.25, -0.2) is 0 Å². The first-order valence-electron chi connectivity index (χ1n) is 3.35. The summed E-state index contributed by atoms with van der Waals surface area (Å²) < 4.78 is 5.27. The van der Waals surface area contributed by atoms with Gasteiger partial charge in [-0.1, -0.05) is 0 Å². The molecule has 2 nitrogen and oxygen atoms in total. The molecule has 1 aliphatic heterocycles. The van der Waals surface area contributed by atoms with Crippen LogP contribution in [-0.4, -0.2) is 31.2 Å². The van der Waals surface area contributed by atoms with Crippen molar-refractivity contribution in [1.29, 1.82) is 0 Å². The zero-order valence-corrected chi connectivity index (χ0v) is 5.90. The highest BCUT2D eigenvalue weighted by atomic mass is 35.5. The van der Waals surface area contributed by atoms with E-state index in [1.54, 1.807) is 0 Å². The maximum atomic E-state index is 5.89. The van der Waals surface area contributed by atoms with Crippen LogP contribution >= 0.6 is 11.6 Å². The van der Waals surface area contributed by atoms with Gasteiger partial charge in [-0.15, -0.1) is 11.6 Å². The quantitative estimate of drug-likeness (QED) is 0.495. The van der Waals surface area contributed by atoms with Gasteiger partial charge in [0.15, 0.2) is 0 Å². The number of hydrogen-bond acceptors (Lipinski definition) is 2. The molecule has 0 aromatic heterocycles. The summed E-state index contributed by atoms with van der Waals surface area (Å²) in [4.78, 5) is 0. The van der Waals surface area contributed by atoms with Gasteiger partial charge in [0.25, 0.3) is 0 Å². The number of halogens is 1. The summed E-state index contributed by atoms with van der Waals surface area (Å²) in [6, 6.07) is 0.550. The van der Waals surface area contributed by atoms with Crippen molar-refractivity contribution in [1.82, 2.24) is 5.32 Å². The summed E-state index contributed by atoms with van der Waals surface area (Å²) in [6.07, 6.45) is 0. The molecule has 52 valence electrons. The lowest BCUT2D eigenvalue weighted by Crippen LogP contribution is -2.21. The van der Waals surface area contributed by atoms with Gasteiger partial charge in [0.05, 0.1) is 18.6 Å². The van der Waals surface area contributed by atoms with Gasteiger partial charge < -0.3 is 10.1 Å². The zero-order valence-electron chi connectivity index (χ0n) is 5.14. The van der Waals surface area contributed by atoms with Crippen molar-refractivity contribution in [3.8, 4) is 0 Å². The fourth-order valence-electron chi connectivity index (χ4n) is 1.31. The summed E-state index contributed by atoms with van der Waals surface area (Å²) in [5, 5.41) is 3.65. The molecule has 3 unspecified atom stereocenters. The van der Waals surface area contributed by atoms with E-state index in [1.807, 2.05) is 0 Å². The predicted molar refractivity (Wildman–Crippen MR) is 35.7 cm³/mol. The lowest BCUT2D eigenvalue weighted by Gasteiger charge is -1.98. The van der Waals surface area contributed by atoms with Crippen molar-refractivity contribution in [3.63, 3.8) is 0 Å². The minimum atomic E-state index is 0.338. The SMILES string of the molecule is ClC1C2COCCNC12. The molecule has 9 heavy (non-hydrogen) atoms. The molecule has 1 aliphatic carbocycles. The summed E-state index contributed by atoms with van der Waals surface area (Å²) in [5.74, 6) is 0.592. The maximum absolute atomic E-state index is 5.89. The standard InChI is InChI=1S/C6H10ClNO/c7-5-4-3-9-2-1-8-6(4)5/h4-6,8H,1-3H2. The van der Waals surface area contributed by atoms with Gasteiger partial charge in [0.2, 0.25) is 0 Å². The molecular formula is C6H10ClNO. The maximum Gasteiger partial charge on any atom is 0.0591 e. The first-order valence-corrected chi connectivity index (χ1v) is 3.78. The highest BCUT2D eigenvalue weighted by Crippen LogP contribution is 2.37. The van der Waals surface area contributed by atoms with E-state index in [1.165, 1.54) is 0 Å². The minimum Gasteiger partial charge on any atom is -0.380 e. The molecule has 0 spiro atoms. The molecule has 0 aromatic carbocycles. The Hall–Kier alpha value is 0.210. The molecule has 3 heteroatoms. The molecule has 3 atom stereocenters. The van der Waals surface area contributed by atoms with Gasteiger partial charge in [-0.2, -0.15) is 0 Å². The average molecular weight is 148 g/mol. The predicted octanol–water partition coefficient (Wildman–Crippen LogP) is 0.212. The van der Waals surface area contributed by atoms with Crippen LogP contribution in [0, 0.1) is 5.92 Å². The van der Waals surface area contributed by atoms with Crippen LogP contribution in [0.3, 0.4) is 0 Å². The van der Waals surface area contributed by atoms with E-state index < -0.39 is 0 Å². The molecule has 0 bridgehead atoms. The Balaban J connectivity index is 1.93.